The number of hydrogen-bond donors (Lipinski definition) is 0. The molecule has 21 heavy (non-hydrogen) atoms. The molecule has 0 bridgehead atoms. The highest BCUT2D eigenvalue weighted by Crippen LogP contribution is 2.28. The van der Waals surface area contributed by atoms with Crippen LogP contribution >= 0.6 is 0 Å². The molecule has 0 amide bonds. The van der Waals surface area contributed by atoms with E-state index in [1.807, 2.05) is 12.1 Å². The SMILES string of the molecule is N#CCCCCN1CCN(c2ccccc2[N+](=O)[O-])CC1. The summed E-state index contributed by atoms with van der Waals surface area (Å²) in [6.07, 6.45) is 2.61. The number of benzene rings is 1. The number of nitro groups is 1. The molecule has 1 aliphatic rings. The van der Waals surface area contributed by atoms with Crippen molar-refractivity contribution in [2.24, 2.45) is 0 Å². The Morgan fingerprint density at radius 3 is 2.57 bits per heavy atom. The van der Waals surface area contributed by atoms with Crippen molar-refractivity contribution >= 4 is 11.4 Å². The molecule has 0 unspecified atom stereocenters. The molecule has 112 valence electrons. The summed E-state index contributed by atoms with van der Waals surface area (Å²) in [7, 11) is 0. The van der Waals surface area contributed by atoms with E-state index >= 15 is 0 Å². The Bertz CT molecular complexity index is 519. The average Bonchev–Trinajstić information content (AvgIpc) is 2.52. The summed E-state index contributed by atoms with van der Waals surface area (Å²) in [5, 5.41) is 19.6. The van der Waals surface area contributed by atoms with Crippen molar-refractivity contribution in [2.45, 2.75) is 19.3 Å². The van der Waals surface area contributed by atoms with E-state index in [1.165, 1.54) is 0 Å². The largest absolute Gasteiger partial charge is 0.363 e. The first-order valence-electron chi connectivity index (χ1n) is 7.30. The second kappa shape index (κ2) is 7.60. The van der Waals surface area contributed by atoms with Gasteiger partial charge in [-0.25, -0.2) is 0 Å². The number of para-hydroxylation sites is 2. The number of hydrogen-bond acceptors (Lipinski definition) is 5. The molecular formula is C15H20N4O2. The minimum Gasteiger partial charge on any atom is -0.363 e. The van der Waals surface area contributed by atoms with E-state index < -0.39 is 0 Å². The molecule has 6 heteroatoms. The lowest BCUT2D eigenvalue weighted by Crippen LogP contribution is -2.46. The summed E-state index contributed by atoms with van der Waals surface area (Å²) in [4.78, 5) is 15.2. The van der Waals surface area contributed by atoms with Crippen molar-refractivity contribution in [3.63, 3.8) is 0 Å². The summed E-state index contributed by atoms with van der Waals surface area (Å²) < 4.78 is 0. The number of unbranched alkanes of at least 4 members (excludes halogenated alkanes) is 2. The summed E-state index contributed by atoms with van der Waals surface area (Å²) in [6.45, 7) is 4.45. The first-order valence-corrected chi connectivity index (χ1v) is 7.30. The standard InChI is InChI=1S/C15H20N4O2/c16-8-4-1-5-9-17-10-12-18(13-11-17)14-6-2-3-7-15(14)19(20)21/h2-3,6-7H,1,4-5,9-13H2. The number of nitriles is 1. The van der Waals surface area contributed by atoms with Crippen LogP contribution in [0.1, 0.15) is 19.3 Å². The van der Waals surface area contributed by atoms with E-state index in [0.29, 0.717) is 12.1 Å². The molecule has 0 spiro atoms. The van der Waals surface area contributed by atoms with Crippen molar-refractivity contribution in [1.82, 2.24) is 4.90 Å². The molecule has 0 N–H and O–H groups in total. The highest BCUT2D eigenvalue weighted by Gasteiger charge is 2.22. The Hall–Kier alpha value is -2.13. The summed E-state index contributed by atoms with van der Waals surface area (Å²) in [6, 6.07) is 9.08. The molecule has 6 nitrogen and oxygen atoms in total. The van der Waals surface area contributed by atoms with Crippen molar-refractivity contribution in [1.29, 1.82) is 5.26 Å². The van der Waals surface area contributed by atoms with Gasteiger partial charge in [0.25, 0.3) is 5.69 Å². The Kier molecular flexibility index (Phi) is 5.52. The van der Waals surface area contributed by atoms with Crippen LogP contribution in [0.15, 0.2) is 24.3 Å². The van der Waals surface area contributed by atoms with E-state index in [4.69, 9.17) is 5.26 Å². The predicted molar refractivity (Wildman–Crippen MR) is 81.2 cm³/mol. The summed E-state index contributed by atoms with van der Waals surface area (Å²) >= 11 is 0. The van der Waals surface area contributed by atoms with Gasteiger partial charge in [-0.1, -0.05) is 12.1 Å². The fraction of sp³-hybridized carbons (Fsp3) is 0.533. The van der Waals surface area contributed by atoms with Crippen LogP contribution in [0.4, 0.5) is 11.4 Å². The fourth-order valence-corrected chi connectivity index (χ4v) is 2.64. The smallest absolute Gasteiger partial charge is 0.292 e. The van der Waals surface area contributed by atoms with Crippen LogP contribution in [0.2, 0.25) is 0 Å². The van der Waals surface area contributed by atoms with Crippen LogP contribution in [-0.2, 0) is 0 Å². The molecule has 0 atom stereocenters. The van der Waals surface area contributed by atoms with E-state index in [9.17, 15) is 10.1 Å². The molecule has 0 aromatic heterocycles. The van der Waals surface area contributed by atoms with Crippen LogP contribution in [0.5, 0.6) is 0 Å². The maximum Gasteiger partial charge on any atom is 0.292 e. The zero-order valence-corrected chi connectivity index (χ0v) is 12.1. The van der Waals surface area contributed by atoms with Gasteiger partial charge in [-0.3, -0.25) is 15.0 Å². The first-order chi connectivity index (χ1) is 10.2. The lowest BCUT2D eigenvalue weighted by atomic mass is 10.2. The Morgan fingerprint density at radius 1 is 1.19 bits per heavy atom. The van der Waals surface area contributed by atoms with Gasteiger partial charge in [0.2, 0.25) is 0 Å². The minimum absolute atomic E-state index is 0.181. The predicted octanol–water partition coefficient (Wildman–Crippen LogP) is 2.41. The molecular weight excluding hydrogens is 268 g/mol. The molecule has 1 aromatic carbocycles. The van der Waals surface area contributed by atoms with Crippen LogP contribution in [-0.4, -0.2) is 42.5 Å². The maximum absolute atomic E-state index is 11.1. The quantitative estimate of drug-likeness (QED) is 0.456. The van der Waals surface area contributed by atoms with Crippen molar-refractivity contribution in [2.75, 3.05) is 37.6 Å². The van der Waals surface area contributed by atoms with Crippen LogP contribution in [0.25, 0.3) is 0 Å². The number of piperazine rings is 1. The highest BCUT2D eigenvalue weighted by atomic mass is 16.6. The summed E-state index contributed by atoms with van der Waals surface area (Å²) in [5.41, 5.74) is 0.895. The molecule has 0 radical (unpaired) electrons. The minimum atomic E-state index is -0.316. The van der Waals surface area contributed by atoms with Gasteiger partial charge >= 0.3 is 0 Å². The van der Waals surface area contributed by atoms with Gasteiger partial charge in [-0.15, -0.1) is 0 Å². The van der Waals surface area contributed by atoms with Gasteiger partial charge < -0.3 is 4.90 Å². The number of nitro benzene ring substituents is 1. The number of nitrogens with zero attached hydrogens (tertiary/aromatic N) is 4. The lowest BCUT2D eigenvalue weighted by Gasteiger charge is -2.35. The van der Waals surface area contributed by atoms with E-state index in [1.54, 1.807) is 12.1 Å². The number of rotatable bonds is 6. The third kappa shape index (κ3) is 4.17. The van der Waals surface area contributed by atoms with Crippen molar-refractivity contribution in [3.8, 4) is 6.07 Å². The Morgan fingerprint density at radius 2 is 1.90 bits per heavy atom. The Balaban J connectivity index is 1.87. The zero-order chi connectivity index (χ0) is 15.1. The van der Waals surface area contributed by atoms with Crippen LogP contribution in [0.3, 0.4) is 0 Å². The molecule has 1 saturated heterocycles. The van der Waals surface area contributed by atoms with Gasteiger partial charge in [0.05, 0.1) is 11.0 Å². The van der Waals surface area contributed by atoms with E-state index in [2.05, 4.69) is 15.9 Å². The van der Waals surface area contributed by atoms with Gasteiger partial charge in [-0.05, 0) is 25.5 Å². The fourth-order valence-electron chi connectivity index (χ4n) is 2.64. The topological polar surface area (TPSA) is 73.4 Å². The monoisotopic (exact) mass is 288 g/mol. The molecule has 1 fully saturated rings. The van der Waals surface area contributed by atoms with Crippen LogP contribution < -0.4 is 4.90 Å². The second-order valence-corrected chi connectivity index (χ2v) is 5.19. The third-order valence-electron chi connectivity index (χ3n) is 3.80. The van der Waals surface area contributed by atoms with E-state index in [-0.39, 0.29) is 10.6 Å². The van der Waals surface area contributed by atoms with Crippen molar-refractivity contribution in [3.05, 3.63) is 34.4 Å². The normalized spacial score (nSPS) is 15.7. The lowest BCUT2D eigenvalue weighted by molar-refractivity contribution is -0.384. The molecule has 1 aromatic rings. The molecule has 1 heterocycles. The summed E-state index contributed by atoms with van der Waals surface area (Å²) in [5.74, 6) is 0. The molecule has 0 aliphatic carbocycles. The van der Waals surface area contributed by atoms with Gasteiger partial charge in [-0.2, -0.15) is 5.26 Å². The molecule has 0 saturated carbocycles. The number of anilines is 1. The van der Waals surface area contributed by atoms with Gasteiger partial charge in [0, 0.05) is 38.7 Å². The highest BCUT2D eigenvalue weighted by molar-refractivity contribution is 5.63. The van der Waals surface area contributed by atoms with E-state index in [0.717, 1.165) is 45.6 Å². The zero-order valence-electron chi connectivity index (χ0n) is 12.1. The maximum atomic E-state index is 11.1. The van der Waals surface area contributed by atoms with Crippen molar-refractivity contribution < 1.29 is 4.92 Å². The third-order valence-corrected chi connectivity index (χ3v) is 3.80. The average molecular weight is 288 g/mol. The molecule has 2 rings (SSSR count). The van der Waals surface area contributed by atoms with Crippen LogP contribution in [0, 0.1) is 21.4 Å². The molecule has 1 aliphatic heterocycles. The van der Waals surface area contributed by atoms with Gasteiger partial charge in [0.1, 0.15) is 5.69 Å². The first kappa shape index (κ1) is 15.3. The van der Waals surface area contributed by atoms with Gasteiger partial charge in [0.15, 0.2) is 0 Å². The second-order valence-electron chi connectivity index (χ2n) is 5.19. The Labute approximate surface area is 124 Å².